The molecule has 1 aromatic carbocycles. The normalized spacial score (nSPS) is 18.3. The summed E-state index contributed by atoms with van der Waals surface area (Å²) in [6, 6.07) is 6.10. The second kappa shape index (κ2) is 5.51. The van der Waals surface area contributed by atoms with Crippen molar-refractivity contribution in [2.24, 2.45) is 0 Å². The van der Waals surface area contributed by atoms with Crippen LogP contribution in [-0.4, -0.2) is 25.2 Å². The molecule has 0 bridgehead atoms. The lowest BCUT2D eigenvalue weighted by atomic mass is 10.1. The van der Waals surface area contributed by atoms with Gasteiger partial charge in [0.25, 0.3) is 0 Å². The number of amides is 1. The first-order chi connectivity index (χ1) is 9.31. The van der Waals surface area contributed by atoms with E-state index in [1.165, 1.54) is 12.8 Å². The van der Waals surface area contributed by atoms with Crippen molar-refractivity contribution < 1.29 is 14.3 Å². The smallest absolute Gasteiger partial charge is 0.224 e. The van der Waals surface area contributed by atoms with E-state index in [2.05, 4.69) is 5.32 Å². The molecule has 1 aliphatic carbocycles. The number of rotatable bonds is 3. The van der Waals surface area contributed by atoms with Crippen molar-refractivity contribution in [1.29, 1.82) is 0 Å². The van der Waals surface area contributed by atoms with Crippen LogP contribution in [0, 0.1) is 0 Å². The molecule has 0 saturated heterocycles. The van der Waals surface area contributed by atoms with Crippen LogP contribution in [0.25, 0.3) is 0 Å². The maximum absolute atomic E-state index is 12.0. The van der Waals surface area contributed by atoms with Crippen LogP contribution >= 0.6 is 0 Å². The highest BCUT2D eigenvalue weighted by atomic mass is 16.6. The first-order valence-electron chi connectivity index (χ1n) is 6.99. The average Bonchev–Trinajstić information content (AvgIpc) is 2.91. The van der Waals surface area contributed by atoms with Crippen molar-refractivity contribution in [2.75, 3.05) is 13.2 Å². The van der Waals surface area contributed by atoms with Gasteiger partial charge in [0.2, 0.25) is 5.91 Å². The standard InChI is InChI=1S/C15H19NO3/c17-15(16-12-3-1-2-4-12)10-11-5-6-13-14(9-11)19-8-7-18-13/h5-6,9,12H,1-4,7-8,10H2,(H,16,17). The molecule has 0 radical (unpaired) electrons. The van der Waals surface area contributed by atoms with Crippen LogP contribution in [0.4, 0.5) is 0 Å². The molecule has 0 spiro atoms. The lowest BCUT2D eigenvalue weighted by molar-refractivity contribution is -0.121. The van der Waals surface area contributed by atoms with Gasteiger partial charge in [-0.05, 0) is 30.5 Å². The Morgan fingerprint density at radius 2 is 1.89 bits per heavy atom. The van der Waals surface area contributed by atoms with Crippen LogP contribution in [-0.2, 0) is 11.2 Å². The maximum atomic E-state index is 12.0. The average molecular weight is 261 g/mol. The molecule has 1 heterocycles. The van der Waals surface area contributed by atoms with Crippen LogP contribution in [0.15, 0.2) is 18.2 Å². The molecular formula is C15H19NO3. The zero-order valence-electron chi connectivity index (χ0n) is 11.0. The molecule has 2 aliphatic rings. The van der Waals surface area contributed by atoms with Crippen LogP contribution in [0.3, 0.4) is 0 Å². The molecular weight excluding hydrogens is 242 g/mol. The first-order valence-corrected chi connectivity index (χ1v) is 6.99. The van der Waals surface area contributed by atoms with Crippen molar-refractivity contribution in [1.82, 2.24) is 5.32 Å². The molecule has 1 fully saturated rings. The van der Waals surface area contributed by atoms with Crippen molar-refractivity contribution in [3.05, 3.63) is 23.8 Å². The Bertz CT molecular complexity index is 466. The summed E-state index contributed by atoms with van der Waals surface area (Å²) in [6.07, 6.45) is 5.11. The largest absolute Gasteiger partial charge is 0.486 e. The summed E-state index contributed by atoms with van der Waals surface area (Å²) < 4.78 is 11.0. The minimum atomic E-state index is 0.101. The molecule has 4 heteroatoms. The monoisotopic (exact) mass is 261 g/mol. The lowest BCUT2D eigenvalue weighted by Crippen LogP contribution is -2.33. The predicted octanol–water partition coefficient (Wildman–Crippen LogP) is 2.06. The van der Waals surface area contributed by atoms with Gasteiger partial charge >= 0.3 is 0 Å². The number of hydrogen-bond donors (Lipinski definition) is 1. The van der Waals surface area contributed by atoms with E-state index in [0.29, 0.717) is 25.7 Å². The topological polar surface area (TPSA) is 47.6 Å². The Kier molecular flexibility index (Phi) is 3.58. The summed E-state index contributed by atoms with van der Waals surface area (Å²) in [4.78, 5) is 12.0. The third-order valence-corrected chi connectivity index (χ3v) is 3.69. The third kappa shape index (κ3) is 3.00. The highest BCUT2D eigenvalue weighted by Gasteiger charge is 2.18. The number of carbonyl (C=O) groups excluding carboxylic acids is 1. The Balaban J connectivity index is 1.61. The zero-order chi connectivity index (χ0) is 13.1. The van der Waals surface area contributed by atoms with Crippen LogP contribution in [0.5, 0.6) is 11.5 Å². The summed E-state index contributed by atoms with van der Waals surface area (Å²) in [5.74, 6) is 1.62. The van der Waals surface area contributed by atoms with E-state index in [-0.39, 0.29) is 5.91 Å². The van der Waals surface area contributed by atoms with Gasteiger partial charge in [0.1, 0.15) is 13.2 Å². The van der Waals surface area contributed by atoms with E-state index in [9.17, 15) is 4.79 Å². The number of nitrogens with one attached hydrogen (secondary N) is 1. The fourth-order valence-electron chi connectivity index (χ4n) is 2.73. The predicted molar refractivity (Wildman–Crippen MR) is 71.5 cm³/mol. The van der Waals surface area contributed by atoms with E-state index in [4.69, 9.17) is 9.47 Å². The molecule has 1 aliphatic heterocycles. The van der Waals surface area contributed by atoms with E-state index >= 15 is 0 Å². The molecule has 3 rings (SSSR count). The molecule has 19 heavy (non-hydrogen) atoms. The molecule has 0 aromatic heterocycles. The Morgan fingerprint density at radius 1 is 1.16 bits per heavy atom. The summed E-state index contributed by atoms with van der Waals surface area (Å²) >= 11 is 0. The molecule has 0 unspecified atom stereocenters. The summed E-state index contributed by atoms with van der Waals surface area (Å²) in [5.41, 5.74) is 0.972. The van der Waals surface area contributed by atoms with Crippen LogP contribution < -0.4 is 14.8 Å². The van der Waals surface area contributed by atoms with E-state index in [1.807, 2.05) is 18.2 Å². The number of carbonyl (C=O) groups is 1. The fourth-order valence-corrected chi connectivity index (χ4v) is 2.73. The van der Waals surface area contributed by atoms with Gasteiger partial charge in [-0.25, -0.2) is 0 Å². The third-order valence-electron chi connectivity index (χ3n) is 3.69. The maximum Gasteiger partial charge on any atom is 0.224 e. The van der Waals surface area contributed by atoms with Gasteiger partial charge in [-0.15, -0.1) is 0 Å². The van der Waals surface area contributed by atoms with Gasteiger partial charge in [0, 0.05) is 6.04 Å². The van der Waals surface area contributed by atoms with Crippen molar-refractivity contribution in [3.8, 4) is 11.5 Å². The number of benzene rings is 1. The van der Waals surface area contributed by atoms with Gasteiger partial charge in [0.15, 0.2) is 11.5 Å². The molecule has 1 amide bonds. The van der Waals surface area contributed by atoms with Crippen molar-refractivity contribution >= 4 is 5.91 Å². The first kappa shape index (κ1) is 12.3. The minimum absolute atomic E-state index is 0.101. The van der Waals surface area contributed by atoms with E-state index in [1.54, 1.807) is 0 Å². The van der Waals surface area contributed by atoms with Crippen molar-refractivity contribution in [3.63, 3.8) is 0 Å². The molecule has 1 saturated carbocycles. The Morgan fingerprint density at radius 3 is 2.68 bits per heavy atom. The lowest BCUT2D eigenvalue weighted by Gasteiger charge is -2.19. The number of fused-ring (bicyclic) bond motifs is 1. The highest BCUT2D eigenvalue weighted by molar-refractivity contribution is 5.79. The number of hydrogen-bond acceptors (Lipinski definition) is 3. The fraction of sp³-hybridized carbons (Fsp3) is 0.533. The van der Waals surface area contributed by atoms with E-state index < -0.39 is 0 Å². The summed E-state index contributed by atoms with van der Waals surface area (Å²) in [6.45, 7) is 1.17. The summed E-state index contributed by atoms with van der Waals surface area (Å²) in [5, 5.41) is 3.10. The van der Waals surface area contributed by atoms with Crippen LogP contribution in [0.2, 0.25) is 0 Å². The molecule has 102 valence electrons. The second-order valence-corrected chi connectivity index (χ2v) is 5.20. The summed E-state index contributed by atoms with van der Waals surface area (Å²) in [7, 11) is 0. The SMILES string of the molecule is O=C(Cc1ccc2c(c1)OCCO2)NC1CCCC1. The quantitative estimate of drug-likeness (QED) is 0.906. The molecule has 0 atom stereocenters. The molecule has 1 N–H and O–H groups in total. The molecule has 4 nitrogen and oxygen atoms in total. The Hall–Kier alpha value is -1.71. The highest BCUT2D eigenvalue weighted by Crippen LogP contribution is 2.30. The van der Waals surface area contributed by atoms with Gasteiger partial charge in [-0.3, -0.25) is 4.79 Å². The van der Waals surface area contributed by atoms with Crippen LogP contribution in [0.1, 0.15) is 31.2 Å². The number of ether oxygens (including phenoxy) is 2. The van der Waals surface area contributed by atoms with Gasteiger partial charge in [-0.1, -0.05) is 18.9 Å². The molecule has 1 aromatic rings. The minimum Gasteiger partial charge on any atom is -0.486 e. The Labute approximate surface area is 113 Å². The van der Waals surface area contributed by atoms with Crippen molar-refractivity contribution in [2.45, 2.75) is 38.1 Å². The van der Waals surface area contributed by atoms with Gasteiger partial charge in [-0.2, -0.15) is 0 Å². The van der Waals surface area contributed by atoms with Gasteiger partial charge < -0.3 is 14.8 Å². The van der Waals surface area contributed by atoms with E-state index in [0.717, 1.165) is 29.9 Å². The second-order valence-electron chi connectivity index (χ2n) is 5.20. The zero-order valence-corrected chi connectivity index (χ0v) is 11.0. The van der Waals surface area contributed by atoms with Gasteiger partial charge in [0.05, 0.1) is 6.42 Å².